The summed E-state index contributed by atoms with van der Waals surface area (Å²) >= 11 is 0. The summed E-state index contributed by atoms with van der Waals surface area (Å²) in [6.07, 6.45) is 0. The summed E-state index contributed by atoms with van der Waals surface area (Å²) in [6.45, 7) is 0. The van der Waals surface area contributed by atoms with E-state index in [2.05, 4.69) is 179 Å². The Morgan fingerprint density at radius 2 is 0.922 bits per heavy atom. The molecule has 0 atom stereocenters. The number of furan rings is 1. The molecule has 3 aromatic heterocycles. The van der Waals surface area contributed by atoms with Gasteiger partial charge in [0, 0.05) is 49.4 Å². The second-order valence-electron chi connectivity index (χ2n) is 13.4. The molecule has 0 amide bonds. The first-order valence-electron chi connectivity index (χ1n) is 17.4. The third-order valence-electron chi connectivity index (χ3n) is 10.5. The Labute approximate surface area is 294 Å². The van der Waals surface area contributed by atoms with Crippen molar-refractivity contribution in [2.45, 2.75) is 0 Å². The Hall–Kier alpha value is -6.84. The van der Waals surface area contributed by atoms with Gasteiger partial charge in [0.05, 0.1) is 16.6 Å². The lowest BCUT2D eigenvalue weighted by molar-refractivity contribution is 0.669. The van der Waals surface area contributed by atoms with Gasteiger partial charge in [-0.2, -0.15) is 0 Å². The quantitative estimate of drug-likeness (QED) is 0.185. The highest BCUT2D eigenvalue weighted by atomic mass is 16.3. The van der Waals surface area contributed by atoms with Crippen LogP contribution in [0.1, 0.15) is 0 Å². The van der Waals surface area contributed by atoms with Gasteiger partial charge in [0.2, 0.25) is 0 Å². The van der Waals surface area contributed by atoms with E-state index in [0.717, 1.165) is 39.0 Å². The highest BCUT2D eigenvalue weighted by Crippen LogP contribution is 2.43. The number of aromatic nitrogens is 1. The van der Waals surface area contributed by atoms with E-state index in [1.807, 2.05) is 12.1 Å². The molecule has 3 heteroatoms. The molecule has 0 bridgehead atoms. The minimum Gasteiger partial charge on any atom is -0.456 e. The number of para-hydroxylation sites is 3. The molecule has 0 fully saturated rings. The molecule has 0 spiro atoms. The van der Waals surface area contributed by atoms with Crippen LogP contribution in [0.15, 0.2) is 186 Å². The molecule has 0 aliphatic carbocycles. The number of hydrogen-bond acceptors (Lipinski definition) is 2. The van der Waals surface area contributed by atoms with Crippen LogP contribution in [-0.2, 0) is 0 Å². The van der Waals surface area contributed by atoms with Crippen LogP contribution in [0.3, 0.4) is 0 Å². The fourth-order valence-corrected chi connectivity index (χ4v) is 8.17. The van der Waals surface area contributed by atoms with Crippen LogP contribution < -0.4 is 4.90 Å². The molecule has 0 saturated heterocycles. The third-order valence-corrected chi connectivity index (χ3v) is 10.5. The molecule has 11 rings (SSSR count). The first-order chi connectivity index (χ1) is 25.3. The van der Waals surface area contributed by atoms with Gasteiger partial charge in [0.1, 0.15) is 11.2 Å². The normalized spacial score (nSPS) is 11.9. The van der Waals surface area contributed by atoms with Gasteiger partial charge in [0.15, 0.2) is 0 Å². The summed E-state index contributed by atoms with van der Waals surface area (Å²) in [7, 11) is 0. The summed E-state index contributed by atoms with van der Waals surface area (Å²) in [5.74, 6) is 0. The first kappa shape index (κ1) is 28.0. The van der Waals surface area contributed by atoms with Gasteiger partial charge in [-0.05, 0) is 89.0 Å². The maximum Gasteiger partial charge on any atom is 0.135 e. The molecule has 0 radical (unpaired) electrons. The standard InChI is InChI=1S/C48H30N2O/c1-2-10-31(11-3-1)32-20-23-35(24-21-32)49(37-25-27-47-43(30-37)39-15-5-7-19-46(39)51-47)36-13-8-12-33(28-36)34-22-26-45-42(29-34)41-17-9-16-40-38-14-4-6-18-44(38)50(45)48(40)41/h1-30H. The SMILES string of the molecule is c1ccc(-c2ccc(N(c3cccc(-c4ccc5c(c4)c4cccc6c7ccccc7n5c64)c3)c3ccc4oc5ccccc5c4c3)cc2)cc1. The summed E-state index contributed by atoms with van der Waals surface area (Å²) in [6, 6.07) is 65.5. The zero-order valence-electron chi connectivity index (χ0n) is 27.6. The lowest BCUT2D eigenvalue weighted by Gasteiger charge is -2.26. The molecule has 51 heavy (non-hydrogen) atoms. The smallest absolute Gasteiger partial charge is 0.135 e. The highest BCUT2D eigenvalue weighted by molar-refractivity contribution is 6.23. The second kappa shape index (κ2) is 10.8. The minimum absolute atomic E-state index is 0.888. The molecule has 238 valence electrons. The first-order valence-corrected chi connectivity index (χ1v) is 17.4. The zero-order chi connectivity index (χ0) is 33.5. The van der Waals surface area contributed by atoms with Crippen LogP contribution in [0.4, 0.5) is 17.1 Å². The van der Waals surface area contributed by atoms with E-state index in [4.69, 9.17) is 4.42 Å². The van der Waals surface area contributed by atoms with Crippen molar-refractivity contribution in [2.24, 2.45) is 0 Å². The van der Waals surface area contributed by atoms with Crippen LogP contribution in [-0.4, -0.2) is 4.40 Å². The highest BCUT2D eigenvalue weighted by Gasteiger charge is 2.19. The van der Waals surface area contributed by atoms with Crippen molar-refractivity contribution in [1.29, 1.82) is 0 Å². The van der Waals surface area contributed by atoms with E-state index >= 15 is 0 Å². The molecule has 0 N–H and O–H groups in total. The zero-order valence-corrected chi connectivity index (χ0v) is 27.6. The topological polar surface area (TPSA) is 20.8 Å². The van der Waals surface area contributed by atoms with Crippen LogP contribution >= 0.6 is 0 Å². The van der Waals surface area contributed by atoms with E-state index in [9.17, 15) is 0 Å². The van der Waals surface area contributed by atoms with Crippen LogP contribution in [0.25, 0.3) is 82.3 Å². The number of anilines is 3. The van der Waals surface area contributed by atoms with Crippen molar-refractivity contribution in [1.82, 2.24) is 4.40 Å². The number of rotatable bonds is 5. The Kier molecular flexibility index (Phi) is 5.96. The average molecular weight is 651 g/mol. The molecule has 8 aromatic carbocycles. The lowest BCUT2D eigenvalue weighted by Crippen LogP contribution is -2.10. The molecule has 11 aromatic rings. The molecule has 0 aliphatic rings. The Balaban J connectivity index is 1.07. The summed E-state index contributed by atoms with van der Waals surface area (Å²) in [5.41, 5.74) is 13.6. The van der Waals surface area contributed by atoms with Gasteiger partial charge in [-0.15, -0.1) is 0 Å². The largest absolute Gasteiger partial charge is 0.456 e. The van der Waals surface area contributed by atoms with Gasteiger partial charge in [-0.3, -0.25) is 0 Å². The molecule has 3 nitrogen and oxygen atoms in total. The van der Waals surface area contributed by atoms with E-state index in [1.54, 1.807) is 0 Å². The van der Waals surface area contributed by atoms with Gasteiger partial charge >= 0.3 is 0 Å². The molecule has 0 unspecified atom stereocenters. The number of benzene rings is 8. The van der Waals surface area contributed by atoms with Gasteiger partial charge in [-0.25, -0.2) is 0 Å². The van der Waals surface area contributed by atoms with Crippen LogP contribution in [0.5, 0.6) is 0 Å². The molecular formula is C48H30N2O. The van der Waals surface area contributed by atoms with E-state index in [0.29, 0.717) is 0 Å². The third kappa shape index (κ3) is 4.25. The molecular weight excluding hydrogens is 621 g/mol. The second-order valence-corrected chi connectivity index (χ2v) is 13.4. The van der Waals surface area contributed by atoms with Crippen molar-refractivity contribution < 1.29 is 4.42 Å². The van der Waals surface area contributed by atoms with E-state index in [-0.39, 0.29) is 0 Å². The maximum atomic E-state index is 6.22. The van der Waals surface area contributed by atoms with Gasteiger partial charge in [-0.1, -0.05) is 115 Å². The molecule has 3 heterocycles. The van der Waals surface area contributed by atoms with Gasteiger partial charge in [0.25, 0.3) is 0 Å². The average Bonchev–Trinajstić information content (AvgIpc) is 3.86. The van der Waals surface area contributed by atoms with Crippen molar-refractivity contribution in [2.75, 3.05) is 4.90 Å². The number of nitrogens with zero attached hydrogens (tertiary/aromatic N) is 2. The Morgan fingerprint density at radius 1 is 0.333 bits per heavy atom. The summed E-state index contributed by atoms with van der Waals surface area (Å²) in [5, 5.41) is 7.39. The Bertz CT molecular complexity index is 3080. The molecule has 0 saturated carbocycles. The van der Waals surface area contributed by atoms with Gasteiger partial charge < -0.3 is 13.7 Å². The van der Waals surface area contributed by atoms with Crippen molar-refractivity contribution in [3.8, 4) is 22.3 Å². The Morgan fingerprint density at radius 3 is 1.80 bits per heavy atom. The lowest BCUT2D eigenvalue weighted by atomic mass is 10.0. The van der Waals surface area contributed by atoms with Crippen molar-refractivity contribution in [3.63, 3.8) is 0 Å². The summed E-state index contributed by atoms with van der Waals surface area (Å²) < 4.78 is 8.65. The molecule has 0 aliphatic heterocycles. The van der Waals surface area contributed by atoms with Crippen molar-refractivity contribution in [3.05, 3.63) is 182 Å². The fraction of sp³-hybridized carbons (Fsp3) is 0. The summed E-state index contributed by atoms with van der Waals surface area (Å²) in [4.78, 5) is 2.35. The number of hydrogen-bond donors (Lipinski definition) is 0. The van der Waals surface area contributed by atoms with Crippen molar-refractivity contribution >= 4 is 77.1 Å². The van der Waals surface area contributed by atoms with Crippen LogP contribution in [0.2, 0.25) is 0 Å². The minimum atomic E-state index is 0.888. The van der Waals surface area contributed by atoms with Crippen LogP contribution in [0, 0.1) is 0 Å². The van der Waals surface area contributed by atoms with E-state index in [1.165, 1.54) is 60.3 Å². The monoisotopic (exact) mass is 650 g/mol. The predicted molar refractivity (Wildman–Crippen MR) is 214 cm³/mol. The van der Waals surface area contributed by atoms with E-state index < -0.39 is 0 Å². The number of fused-ring (bicyclic) bond motifs is 9. The predicted octanol–water partition coefficient (Wildman–Crippen LogP) is 13.5. The fourth-order valence-electron chi connectivity index (χ4n) is 8.17. The maximum absolute atomic E-state index is 6.22.